The first-order valence-electron chi connectivity index (χ1n) is 14.4. The van der Waals surface area contributed by atoms with Crippen LogP contribution in [-0.4, -0.2) is 35.7 Å². The molecule has 0 atom stereocenters. The van der Waals surface area contributed by atoms with Crippen molar-refractivity contribution in [2.75, 3.05) is 14.1 Å². The Bertz CT molecular complexity index is 1300. The van der Waals surface area contributed by atoms with E-state index in [9.17, 15) is 9.59 Å². The van der Waals surface area contributed by atoms with Gasteiger partial charge in [0.25, 0.3) is 11.8 Å². The summed E-state index contributed by atoms with van der Waals surface area (Å²) >= 11 is 0. The average molecular weight is 541 g/mol. The van der Waals surface area contributed by atoms with E-state index in [1.54, 1.807) is 23.9 Å². The van der Waals surface area contributed by atoms with Gasteiger partial charge in [-0.05, 0) is 79.3 Å². The number of fused-ring (bicyclic) bond motifs is 1. The van der Waals surface area contributed by atoms with E-state index in [0.717, 1.165) is 11.1 Å². The molecule has 0 saturated carbocycles. The fourth-order valence-electron chi connectivity index (χ4n) is 5.46. The summed E-state index contributed by atoms with van der Waals surface area (Å²) in [4.78, 5) is 31.4. The largest absolute Gasteiger partial charge is 0.310 e. The molecule has 0 radical (unpaired) electrons. The molecule has 40 heavy (non-hydrogen) atoms. The topological polar surface area (TPSA) is 40.6 Å². The molecule has 0 saturated heterocycles. The van der Waals surface area contributed by atoms with E-state index < -0.39 is 0 Å². The maximum Gasteiger partial charge on any atom is 0.261 e. The molecule has 0 bridgehead atoms. The van der Waals surface area contributed by atoms with Crippen LogP contribution >= 0.6 is 0 Å². The van der Waals surface area contributed by atoms with E-state index in [1.165, 1.54) is 22.3 Å². The van der Waals surface area contributed by atoms with Crippen molar-refractivity contribution >= 4 is 23.2 Å². The molecule has 0 fully saturated rings. The highest BCUT2D eigenvalue weighted by Gasteiger charge is 2.47. The first-order valence-corrected chi connectivity index (χ1v) is 14.4. The number of benzene rings is 2. The van der Waals surface area contributed by atoms with Gasteiger partial charge in [0, 0.05) is 14.1 Å². The summed E-state index contributed by atoms with van der Waals surface area (Å²) in [6.07, 6.45) is 0. The highest BCUT2D eigenvalue weighted by molar-refractivity contribution is 6.30. The van der Waals surface area contributed by atoms with Gasteiger partial charge in [0.1, 0.15) is 0 Å². The van der Waals surface area contributed by atoms with Crippen LogP contribution in [0.1, 0.15) is 116 Å². The molecule has 0 aromatic heterocycles. The van der Waals surface area contributed by atoms with Gasteiger partial charge in [0.2, 0.25) is 0 Å². The highest BCUT2D eigenvalue weighted by atomic mass is 16.2. The molecule has 2 aliphatic rings. The standard InChI is InChI=1S/C36H48N2O2/c1-33(2,3)23-15-21(16-24(19-23)34(4,5)6)29-27-28(32(40)37(29)13)30(38(14)31(27)39)22-17-25(35(7,8)9)20-26(18-22)36(10,11)12/h15-20H,1-14H3. The summed E-state index contributed by atoms with van der Waals surface area (Å²) < 4.78 is 0. The van der Waals surface area contributed by atoms with Crippen LogP contribution in [0.3, 0.4) is 0 Å². The van der Waals surface area contributed by atoms with Crippen molar-refractivity contribution in [3.05, 3.63) is 80.9 Å². The van der Waals surface area contributed by atoms with Crippen molar-refractivity contribution in [3.63, 3.8) is 0 Å². The number of nitrogens with zero attached hydrogens (tertiary/aromatic N) is 2. The smallest absolute Gasteiger partial charge is 0.261 e. The zero-order valence-electron chi connectivity index (χ0n) is 27.2. The highest BCUT2D eigenvalue weighted by Crippen LogP contribution is 2.47. The summed E-state index contributed by atoms with van der Waals surface area (Å²) in [6, 6.07) is 13.2. The van der Waals surface area contributed by atoms with Crippen LogP contribution in [0.25, 0.3) is 11.4 Å². The minimum absolute atomic E-state index is 0.0838. The molecular formula is C36H48N2O2. The van der Waals surface area contributed by atoms with Crippen LogP contribution in [0, 0.1) is 0 Å². The van der Waals surface area contributed by atoms with Crippen LogP contribution in [0.15, 0.2) is 47.5 Å². The van der Waals surface area contributed by atoms with Crippen molar-refractivity contribution in [1.29, 1.82) is 0 Å². The van der Waals surface area contributed by atoms with Crippen LogP contribution < -0.4 is 0 Å². The van der Waals surface area contributed by atoms with Crippen molar-refractivity contribution in [3.8, 4) is 0 Å². The molecule has 0 N–H and O–H groups in total. The lowest BCUT2D eigenvalue weighted by molar-refractivity contribution is -0.123. The third-order valence-electron chi connectivity index (χ3n) is 8.31. The summed E-state index contributed by atoms with van der Waals surface area (Å²) in [5.74, 6) is -0.260. The van der Waals surface area contributed by atoms with Gasteiger partial charge in [-0.25, -0.2) is 0 Å². The molecule has 2 aliphatic heterocycles. The Balaban J connectivity index is 2.06. The number of likely N-dealkylation sites (N-methyl/N-ethyl adjacent to an activating group) is 2. The summed E-state index contributed by atoms with van der Waals surface area (Å²) in [6.45, 7) is 26.4. The van der Waals surface area contributed by atoms with Gasteiger partial charge in [-0.15, -0.1) is 0 Å². The first-order chi connectivity index (χ1) is 18.0. The lowest BCUT2D eigenvalue weighted by Crippen LogP contribution is -2.26. The molecule has 2 heterocycles. The number of hydrogen-bond acceptors (Lipinski definition) is 2. The van der Waals surface area contributed by atoms with Gasteiger partial charge in [0.15, 0.2) is 0 Å². The Hall–Kier alpha value is -3.14. The van der Waals surface area contributed by atoms with E-state index >= 15 is 0 Å². The number of amides is 2. The molecule has 4 rings (SSSR count). The second kappa shape index (κ2) is 9.19. The fourth-order valence-corrected chi connectivity index (χ4v) is 5.46. The Morgan fingerprint density at radius 3 is 0.850 bits per heavy atom. The van der Waals surface area contributed by atoms with Gasteiger partial charge < -0.3 is 9.80 Å². The van der Waals surface area contributed by atoms with Crippen LogP contribution in [0.4, 0.5) is 0 Å². The second-order valence-corrected chi connectivity index (χ2v) is 15.8. The van der Waals surface area contributed by atoms with E-state index in [-0.39, 0.29) is 33.5 Å². The number of carbonyl (C=O) groups is 2. The maximum absolute atomic E-state index is 14.0. The first kappa shape index (κ1) is 29.8. The molecule has 0 spiro atoms. The van der Waals surface area contributed by atoms with E-state index in [4.69, 9.17) is 0 Å². The molecule has 214 valence electrons. The second-order valence-electron chi connectivity index (χ2n) is 15.8. The Labute approximate surface area is 242 Å². The SMILES string of the molecule is CN1C(=O)C2=C(c3cc(C(C)(C)C)cc(C(C)(C)C)c3)N(C)C(=O)C2=C1c1cc(C(C)(C)C)cc(C(C)(C)C)c1. The molecular weight excluding hydrogens is 492 g/mol. The fraction of sp³-hybridized carbons (Fsp3) is 0.500. The van der Waals surface area contributed by atoms with Gasteiger partial charge in [0.05, 0.1) is 22.5 Å². The zero-order chi connectivity index (χ0) is 30.3. The van der Waals surface area contributed by atoms with Crippen LogP contribution in [-0.2, 0) is 31.2 Å². The summed E-state index contributed by atoms with van der Waals surface area (Å²) in [7, 11) is 3.60. The normalized spacial score (nSPS) is 17.1. The number of carbonyl (C=O) groups excluding carboxylic acids is 2. The quantitative estimate of drug-likeness (QED) is 0.388. The Morgan fingerprint density at radius 2 is 0.650 bits per heavy atom. The third kappa shape index (κ3) is 5.06. The van der Waals surface area contributed by atoms with Crippen molar-refractivity contribution in [1.82, 2.24) is 9.80 Å². The Morgan fingerprint density at radius 1 is 0.425 bits per heavy atom. The molecule has 0 unspecified atom stereocenters. The lowest BCUT2D eigenvalue weighted by atomic mass is 9.79. The van der Waals surface area contributed by atoms with Gasteiger partial charge in [-0.2, -0.15) is 0 Å². The monoisotopic (exact) mass is 540 g/mol. The minimum atomic E-state index is -0.130. The van der Waals surface area contributed by atoms with Crippen molar-refractivity contribution < 1.29 is 9.59 Å². The molecule has 4 heteroatoms. The predicted molar refractivity (Wildman–Crippen MR) is 167 cm³/mol. The van der Waals surface area contributed by atoms with E-state index in [0.29, 0.717) is 22.5 Å². The van der Waals surface area contributed by atoms with E-state index in [2.05, 4.69) is 119 Å². The zero-order valence-corrected chi connectivity index (χ0v) is 27.2. The van der Waals surface area contributed by atoms with Crippen molar-refractivity contribution in [2.24, 2.45) is 0 Å². The van der Waals surface area contributed by atoms with Crippen molar-refractivity contribution in [2.45, 2.75) is 105 Å². The summed E-state index contributed by atoms with van der Waals surface area (Å²) in [5.41, 5.74) is 8.67. The van der Waals surface area contributed by atoms with Crippen LogP contribution in [0.5, 0.6) is 0 Å². The molecule has 0 aliphatic carbocycles. The molecule has 4 nitrogen and oxygen atoms in total. The van der Waals surface area contributed by atoms with Gasteiger partial charge >= 0.3 is 0 Å². The number of hydrogen-bond donors (Lipinski definition) is 0. The predicted octanol–water partition coefficient (Wildman–Crippen LogP) is 7.94. The number of rotatable bonds is 2. The average Bonchev–Trinajstić information content (AvgIpc) is 3.21. The lowest BCUT2D eigenvalue weighted by Gasteiger charge is -2.28. The molecule has 2 aromatic rings. The summed E-state index contributed by atoms with van der Waals surface area (Å²) in [5, 5.41) is 0. The van der Waals surface area contributed by atoms with Gasteiger partial charge in [-0.3, -0.25) is 9.59 Å². The van der Waals surface area contributed by atoms with E-state index in [1.807, 2.05) is 0 Å². The molecule has 2 amide bonds. The minimum Gasteiger partial charge on any atom is -0.310 e. The third-order valence-corrected chi connectivity index (χ3v) is 8.31. The molecule has 2 aromatic carbocycles. The Kier molecular flexibility index (Phi) is 6.85. The van der Waals surface area contributed by atoms with Crippen LogP contribution in [0.2, 0.25) is 0 Å². The van der Waals surface area contributed by atoms with Gasteiger partial charge in [-0.1, -0.05) is 95.2 Å². The maximum atomic E-state index is 14.0.